The molecule has 1 aliphatic heterocycles. The Hall–Kier alpha value is -1.30. The first-order valence-electron chi connectivity index (χ1n) is 3.69. The van der Waals surface area contributed by atoms with E-state index in [0.29, 0.717) is 5.82 Å². The van der Waals surface area contributed by atoms with Crippen LogP contribution >= 0.6 is 0 Å². The van der Waals surface area contributed by atoms with Crippen molar-refractivity contribution < 1.29 is 9.00 Å². The summed E-state index contributed by atoms with van der Waals surface area (Å²) < 4.78 is 11.0. The summed E-state index contributed by atoms with van der Waals surface area (Å²) in [4.78, 5) is 20.4. The van der Waals surface area contributed by atoms with E-state index in [1.807, 2.05) is 0 Å². The van der Waals surface area contributed by atoms with Gasteiger partial charge in [0.2, 0.25) is 5.91 Å². The van der Waals surface area contributed by atoms with Crippen molar-refractivity contribution in [3.05, 3.63) is 18.6 Å². The molecule has 0 aromatic carbocycles. The number of aromatic nitrogens is 2. The normalized spacial score (nSPS) is 22.3. The second-order valence-electron chi connectivity index (χ2n) is 2.60. The van der Waals surface area contributed by atoms with Gasteiger partial charge in [-0.15, -0.1) is 0 Å². The summed E-state index contributed by atoms with van der Waals surface area (Å²) in [5, 5.41) is 0. The van der Waals surface area contributed by atoms with Crippen molar-refractivity contribution in [1.29, 1.82) is 0 Å². The smallest absolute Gasteiger partial charge is 0.241 e. The molecule has 13 heavy (non-hydrogen) atoms. The average Bonchev–Trinajstić information content (AvgIpc) is 2.47. The lowest BCUT2D eigenvalue weighted by molar-refractivity contribution is -0.115. The van der Waals surface area contributed by atoms with Crippen LogP contribution < -0.4 is 4.90 Å². The van der Waals surface area contributed by atoms with Crippen molar-refractivity contribution in [2.45, 2.75) is 0 Å². The molecule has 0 radical (unpaired) electrons. The van der Waals surface area contributed by atoms with Gasteiger partial charge in [0.25, 0.3) is 0 Å². The first-order valence-corrected chi connectivity index (χ1v) is 5.17. The van der Waals surface area contributed by atoms with E-state index in [1.165, 1.54) is 23.5 Å². The molecule has 6 heteroatoms. The van der Waals surface area contributed by atoms with E-state index in [0.717, 1.165) is 0 Å². The summed E-state index contributed by atoms with van der Waals surface area (Å²) in [7, 11) is -1.07. The van der Waals surface area contributed by atoms with Gasteiger partial charge >= 0.3 is 0 Å². The van der Waals surface area contributed by atoms with E-state index in [9.17, 15) is 9.00 Å². The lowest BCUT2D eigenvalue weighted by Gasteiger charge is -2.11. The molecule has 2 rings (SSSR count). The topological polar surface area (TPSA) is 63.2 Å². The van der Waals surface area contributed by atoms with Crippen LogP contribution in [0.4, 0.5) is 5.82 Å². The standard InChI is InChI=1S/C7H7N3O2S/c11-7-4-13(12)5-10(7)6-3-8-1-2-9-6/h1-3H,4-5H2. The van der Waals surface area contributed by atoms with E-state index in [1.54, 1.807) is 0 Å². The number of hydrogen-bond acceptors (Lipinski definition) is 4. The summed E-state index contributed by atoms with van der Waals surface area (Å²) in [6.45, 7) is 0. The Bertz CT molecular complexity index is 354. The van der Waals surface area contributed by atoms with Crippen molar-refractivity contribution in [3.8, 4) is 0 Å². The maximum absolute atomic E-state index is 11.3. The van der Waals surface area contributed by atoms with Gasteiger partial charge in [0.05, 0.1) is 17.0 Å². The molecule has 5 nitrogen and oxygen atoms in total. The highest BCUT2D eigenvalue weighted by Crippen LogP contribution is 2.13. The second kappa shape index (κ2) is 3.21. The molecule has 1 fully saturated rings. The third-order valence-electron chi connectivity index (χ3n) is 1.68. The van der Waals surface area contributed by atoms with E-state index in [2.05, 4.69) is 9.97 Å². The Labute approximate surface area is 77.3 Å². The van der Waals surface area contributed by atoms with Gasteiger partial charge < -0.3 is 0 Å². The molecule has 0 aliphatic carbocycles. The number of hydrogen-bond donors (Lipinski definition) is 0. The summed E-state index contributed by atoms with van der Waals surface area (Å²) in [5.41, 5.74) is 0. The molecule has 1 aromatic heterocycles. The molecule has 1 atom stereocenters. The van der Waals surface area contributed by atoms with Crippen molar-refractivity contribution >= 4 is 22.5 Å². The van der Waals surface area contributed by atoms with Crippen molar-refractivity contribution in [2.75, 3.05) is 16.5 Å². The molecular weight excluding hydrogens is 190 g/mol. The van der Waals surface area contributed by atoms with Crippen LogP contribution in [-0.2, 0) is 15.6 Å². The minimum Gasteiger partial charge on any atom is -0.282 e. The molecule has 0 N–H and O–H groups in total. The molecule has 0 bridgehead atoms. The van der Waals surface area contributed by atoms with Gasteiger partial charge in [-0.05, 0) is 0 Å². The molecular formula is C7H7N3O2S. The molecule has 1 aliphatic rings. The summed E-state index contributed by atoms with van der Waals surface area (Å²) in [6, 6.07) is 0. The summed E-state index contributed by atoms with van der Waals surface area (Å²) >= 11 is 0. The van der Waals surface area contributed by atoms with Crippen LogP contribution in [0.15, 0.2) is 18.6 Å². The van der Waals surface area contributed by atoms with Crippen molar-refractivity contribution in [1.82, 2.24) is 9.97 Å². The molecule has 2 heterocycles. The third kappa shape index (κ3) is 1.57. The first-order chi connectivity index (χ1) is 6.27. The van der Waals surface area contributed by atoms with E-state index in [-0.39, 0.29) is 17.5 Å². The number of anilines is 1. The Morgan fingerprint density at radius 2 is 2.31 bits per heavy atom. The molecule has 0 saturated carbocycles. The lowest BCUT2D eigenvalue weighted by Crippen LogP contribution is -2.25. The van der Waals surface area contributed by atoms with Crippen LogP contribution in [-0.4, -0.2) is 31.7 Å². The van der Waals surface area contributed by atoms with E-state index >= 15 is 0 Å². The van der Waals surface area contributed by atoms with Gasteiger partial charge in [0, 0.05) is 12.4 Å². The zero-order valence-corrected chi connectivity index (χ0v) is 7.53. The van der Waals surface area contributed by atoms with E-state index < -0.39 is 10.8 Å². The van der Waals surface area contributed by atoms with Crippen LogP contribution in [0.2, 0.25) is 0 Å². The molecule has 0 spiro atoms. The molecule has 1 amide bonds. The maximum Gasteiger partial charge on any atom is 0.241 e. The Kier molecular flexibility index (Phi) is 2.05. The van der Waals surface area contributed by atoms with Crippen LogP contribution in [0.1, 0.15) is 0 Å². The third-order valence-corrected chi connectivity index (χ3v) is 2.80. The number of carbonyl (C=O) groups excluding carboxylic acids is 1. The highest BCUT2D eigenvalue weighted by atomic mass is 32.2. The number of amides is 1. The number of carbonyl (C=O) groups is 1. The Morgan fingerprint density at radius 1 is 1.46 bits per heavy atom. The molecule has 1 saturated heterocycles. The monoisotopic (exact) mass is 197 g/mol. The van der Waals surface area contributed by atoms with Crippen molar-refractivity contribution in [2.24, 2.45) is 0 Å². The van der Waals surface area contributed by atoms with Crippen molar-refractivity contribution in [3.63, 3.8) is 0 Å². The Balaban J connectivity index is 2.28. The maximum atomic E-state index is 11.3. The SMILES string of the molecule is O=C1CS(=O)CN1c1cnccn1. The van der Waals surface area contributed by atoms with Gasteiger partial charge in [0.15, 0.2) is 5.82 Å². The number of nitrogens with zero attached hydrogens (tertiary/aromatic N) is 3. The fourth-order valence-electron chi connectivity index (χ4n) is 1.10. The fraction of sp³-hybridized carbons (Fsp3) is 0.286. The first kappa shape index (κ1) is 8.31. The van der Waals surface area contributed by atoms with Gasteiger partial charge in [-0.1, -0.05) is 0 Å². The minimum atomic E-state index is -1.07. The average molecular weight is 197 g/mol. The summed E-state index contributed by atoms with van der Waals surface area (Å²) in [5.74, 6) is 0.644. The largest absolute Gasteiger partial charge is 0.282 e. The zero-order valence-electron chi connectivity index (χ0n) is 6.71. The molecule has 68 valence electrons. The minimum absolute atomic E-state index is 0.0938. The predicted molar refractivity (Wildman–Crippen MR) is 47.4 cm³/mol. The van der Waals surface area contributed by atoms with Gasteiger partial charge in [0.1, 0.15) is 11.6 Å². The highest BCUT2D eigenvalue weighted by Gasteiger charge is 2.28. The van der Waals surface area contributed by atoms with Gasteiger partial charge in [-0.25, -0.2) is 4.98 Å². The quantitative estimate of drug-likeness (QED) is 0.610. The number of rotatable bonds is 1. The fourth-order valence-corrected chi connectivity index (χ4v) is 2.19. The highest BCUT2D eigenvalue weighted by molar-refractivity contribution is 7.86. The van der Waals surface area contributed by atoms with E-state index in [4.69, 9.17) is 0 Å². The molecule has 1 aromatic rings. The van der Waals surface area contributed by atoms with Crippen LogP contribution in [0.3, 0.4) is 0 Å². The van der Waals surface area contributed by atoms with Crippen LogP contribution in [0, 0.1) is 0 Å². The zero-order chi connectivity index (χ0) is 9.26. The lowest BCUT2D eigenvalue weighted by atomic mass is 10.5. The van der Waals surface area contributed by atoms with Crippen LogP contribution in [0.25, 0.3) is 0 Å². The Morgan fingerprint density at radius 3 is 2.85 bits per heavy atom. The van der Waals surface area contributed by atoms with Crippen LogP contribution in [0.5, 0.6) is 0 Å². The van der Waals surface area contributed by atoms with Gasteiger partial charge in [-0.3, -0.25) is 18.9 Å². The predicted octanol–water partition coefficient (Wildman–Crippen LogP) is -0.471. The van der Waals surface area contributed by atoms with Gasteiger partial charge in [-0.2, -0.15) is 0 Å². The second-order valence-corrected chi connectivity index (χ2v) is 4.03. The molecule has 1 unspecified atom stereocenters. The summed E-state index contributed by atoms with van der Waals surface area (Å²) in [6.07, 6.45) is 4.52.